The molecular formula is C20H20ClN5O. The molecular weight excluding hydrogens is 362 g/mol. The van der Waals surface area contributed by atoms with Crippen molar-refractivity contribution < 1.29 is 4.79 Å². The van der Waals surface area contributed by atoms with Crippen LogP contribution in [0.4, 0.5) is 5.82 Å². The van der Waals surface area contributed by atoms with E-state index in [1.807, 2.05) is 48.5 Å². The topological polar surface area (TPSA) is 75.3 Å². The summed E-state index contributed by atoms with van der Waals surface area (Å²) in [5.74, 6) is 6.90. The van der Waals surface area contributed by atoms with E-state index in [4.69, 9.17) is 17.4 Å². The van der Waals surface area contributed by atoms with E-state index in [0.717, 1.165) is 22.3 Å². The number of rotatable bonds is 5. The largest absolute Gasteiger partial charge is 0.352 e. The number of hydrogen-bond donors (Lipinski definition) is 1. The molecule has 0 bridgehead atoms. The van der Waals surface area contributed by atoms with Crippen LogP contribution >= 0.6 is 11.6 Å². The Balaban J connectivity index is 1.34. The molecule has 0 saturated carbocycles. The van der Waals surface area contributed by atoms with Crippen LogP contribution in [0.15, 0.2) is 54.9 Å². The number of para-hydroxylation sites is 1. The van der Waals surface area contributed by atoms with E-state index in [1.54, 1.807) is 6.33 Å². The Morgan fingerprint density at radius 2 is 1.89 bits per heavy atom. The zero-order valence-electron chi connectivity index (χ0n) is 14.8. The first-order valence-corrected chi connectivity index (χ1v) is 9.25. The summed E-state index contributed by atoms with van der Waals surface area (Å²) in [5, 5.41) is 3.07. The van der Waals surface area contributed by atoms with Gasteiger partial charge >= 0.3 is 0 Å². The molecule has 1 saturated heterocycles. The average Bonchev–Trinajstić information content (AvgIpc) is 2.66. The van der Waals surface area contributed by atoms with Gasteiger partial charge < -0.3 is 4.90 Å². The number of fused-ring (bicyclic) bond motifs is 1. The van der Waals surface area contributed by atoms with E-state index in [2.05, 4.69) is 14.9 Å². The van der Waals surface area contributed by atoms with Crippen LogP contribution in [0, 0.1) is 0 Å². The van der Waals surface area contributed by atoms with Gasteiger partial charge in [-0.2, -0.15) is 0 Å². The number of halogens is 1. The van der Waals surface area contributed by atoms with Crippen LogP contribution in [-0.4, -0.2) is 40.0 Å². The summed E-state index contributed by atoms with van der Waals surface area (Å²) in [7, 11) is 0. The number of hydrogen-bond acceptors (Lipinski definition) is 5. The van der Waals surface area contributed by atoms with Crippen LogP contribution < -0.4 is 10.7 Å². The van der Waals surface area contributed by atoms with Crippen LogP contribution in [0.2, 0.25) is 5.02 Å². The predicted molar refractivity (Wildman–Crippen MR) is 106 cm³/mol. The van der Waals surface area contributed by atoms with Crippen LogP contribution in [0.1, 0.15) is 12.0 Å². The molecule has 1 aromatic heterocycles. The van der Waals surface area contributed by atoms with Gasteiger partial charge in [0.2, 0.25) is 5.91 Å². The van der Waals surface area contributed by atoms with Crippen molar-refractivity contribution in [2.24, 2.45) is 5.84 Å². The third-order valence-electron chi connectivity index (χ3n) is 4.91. The molecule has 1 amide bonds. The van der Waals surface area contributed by atoms with Gasteiger partial charge in [-0.3, -0.25) is 9.80 Å². The number of carbonyl (C=O) groups is 1. The number of nitrogens with two attached hydrogens (primary N) is 1. The minimum Gasteiger partial charge on any atom is -0.352 e. The second-order valence-corrected chi connectivity index (χ2v) is 7.14. The fraction of sp³-hybridized carbons (Fsp3) is 0.250. The molecule has 6 nitrogen and oxygen atoms in total. The zero-order chi connectivity index (χ0) is 18.8. The quantitative estimate of drug-likeness (QED) is 0.418. The molecule has 0 radical (unpaired) electrons. The van der Waals surface area contributed by atoms with Gasteiger partial charge in [0.1, 0.15) is 12.1 Å². The van der Waals surface area contributed by atoms with E-state index >= 15 is 0 Å². The first-order valence-electron chi connectivity index (χ1n) is 8.88. The molecule has 7 heteroatoms. The minimum atomic E-state index is -0.0536. The Labute approximate surface area is 162 Å². The number of hydrazine groups is 1. The van der Waals surface area contributed by atoms with E-state index in [1.165, 1.54) is 5.01 Å². The van der Waals surface area contributed by atoms with Crippen molar-refractivity contribution in [1.82, 2.24) is 15.0 Å². The van der Waals surface area contributed by atoms with Crippen molar-refractivity contribution >= 4 is 34.2 Å². The van der Waals surface area contributed by atoms with E-state index < -0.39 is 0 Å². The van der Waals surface area contributed by atoms with Gasteiger partial charge in [-0.1, -0.05) is 35.9 Å². The molecule has 1 aliphatic rings. The predicted octanol–water partition coefficient (Wildman–Crippen LogP) is 2.81. The van der Waals surface area contributed by atoms with Crippen molar-refractivity contribution in [3.63, 3.8) is 0 Å². The van der Waals surface area contributed by atoms with E-state index in [9.17, 15) is 4.79 Å². The lowest BCUT2D eigenvalue weighted by Crippen LogP contribution is -2.63. The van der Waals surface area contributed by atoms with Crippen molar-refractivity contribution in [3.8, 4) is 0 Å². The number of benzene rings is 2. The Hall–Kier alpha value is -2.70. The van der Waals surface area contributed by atoms with Crippen molar-refractivity contribution in [2.75, 3.05) is 18.0 Å². The van der Waals surface area contributed by atoms with Gasteiger partial charge in [0, 0.05) is 29.9 Å². The molecule has 3 aromatic rings. The molecule has 0 unspecified atom stereocenters. The third kappa shape index (κ3) is 3.72. The summed E-state index contributed by atoms with van der Waals surface area (Å²) in [6.45, 7) is 1.34. The monoisotopic (exact) mass is 381 g/mol. The molecule has 0 aliphatic carbocycles. The van der Waals surface area contributed by atoms with Crippen LogP contribution in [0.5, 0.6) is 0 Å². The van der Waals surface area contributed by atoms with Crippen LogP contribution in [0.3, 0.4) is 0 Å². The smallest absolute Gasteiger partial charge is 0.237 e. The maximum atomic E-state index is 12.4. The lowest BCUT2D eigenvalue weighted by atomic mass is 10.1. The molecule has 27 heavy (non-hydrogen) atoms. The Kier molecular flexibility index (Phi) is 4.92. The summed E-state index contributed by atoms with van der Waals surface area (Å²) >= 11 is 5.88. The second kappa shape index (κ2) is 7.50. The summed E-state index contributed by atoms with van der Waals surface area (Å²) in [6, 6.07) is 15.4. The third-order valence-corrected chi connectivity index (χ3v) is 5.16. The maximum absolute atomic E-state index is 12.4. The van der Waals surface area contributed by atoms with Gasteiger partial charge in [0.05, 0.1) is 11.6 Å². The molecule has 1 aliphatic heterocycles. The molecule has 2 aromatic carbocycles. The Morgan fingerprint density at radius 1 is 1.15 bits per heavy atom. The van der Waals surface area contributed by atoms with Gasteiger partial charge in [0.25, 0.3) is 0 Å². The maximum Gasteiger partial charge on any atom is 0.237 e. The van der Waals surface area contributed by atoms with Crippen molar-refractivity contribution in [2.45, 2.75) is 18.9 Å². The number of aromatic nitrogens is 2. The van der Waals surface area contributed by atoms with E-state index in [0.29, 0.717) is 31.0 Å². The minimum absolute atomic E-state index is 0.00329. The van der Waals surface area contributed by atoms with Crippen molar-refractivity contribution in [3.05, 3.63) is 65.4 Å². The summed E-state index contributed by atoms with van der Waals surface area (Å²) < 4.78 is 0. The second-order valence-electron chi connectivity index (χ2n) is 6.70. The summed E-state index contributed by atoms with van der Waals surface area (Å²) in [4.78, 5) is 23.2. The van der Waals surface area contributed by atoms with Crippen LogP contribution in [-0.2, 0) is 11.2 Å². The fourth-order valence-electron chi connectivity index (χ4n) is 3.28. The first kappa shape index (κ1) is 17.7. The molecule has 0 spiro atoms. The highest BCUT2D eigenvalue weighted by Gasteiger charge is 2.34. The number of aryl methyl sites for hydroxylation is 1. The van der Waals surface area contributed by atoms with Gasteiger partial charge in [-0.15, -0.1) is 0 Å². The highest BCUT2D eigenvalue weighted by Crippen LogP contribution is 2.27. The van der Waals surface area contributed by atoms with E-state index in [-0.39, 0.29) is 11.9 Å². The lowest BCUT2D eigenvalue weighted by Gasteiger charge is -2.44. The lowest BCUT2D eigenvalue weighted by molar-refractivity contribution is -0.134. The standard InChI is InChI=1S/C20H20ClN5O/c21-15-8-5-14(6-9-15)7-10-19(27)26(22)16-11-25(12-16)20-17-3-1-2-4-18(17)23-13-24-20/h1-6,8-9,13,16H,7,10-12,22H2. The molecule has 0 atom stereocenters. The van der Waals surface area contributed by atoms with Gasteiger partial charge in [0.15, 0.2) is 0 Å². The van der Waals surface area contributed by atoms with Crippen LogP contribution in [0.25, 0.3) is 10.9 Å². The first-order chi connectivity index (χ1) is 13.1. The number of anilines is 1. The summed E-state index contributed by atoms with van der Waals surface area (Å²) in [5.41, 5.74) is 1.98. The normalized spacial score (nSPS) is 14.2. The number of amides is 1. The Bertz CT molecular complexity index is 951. The summed E-state index contributed by atoms with van der Waals surface area (Å²) in [6.07, 6.45) is 2.60. The molecule has 1 fully saturated rings. The zero-order valence-corrected chi connectivity index (χ0v) is 15.5. The molecule has 2 N–H and O–H groups in total. The molecule has 2 heterocycles. The van der Waals surface area contributed by atoms with Crippen molar-refractivity contribution in [1.29, 1.82) is 0 Å². The molecule has 4 rings (SSSR count). The number of carbonyl (C=O) groups excluding carboxylic acids is 1. The Morgan fingerprint density at radius 3 is 2.67 bits per heavy atom. The number of nitrogens with zero attached hydrogens (tertiary/aromatic N) is 4. The molecule has 138 valence electrons. The van der Waals surface area contributed by atoms with Gasteiger partial charge in [-0.05, 0) is 36.2 Å². The highest BCUT2D eigenvalue weighted by atomic mass is 35.5. The average molecular weight is 382 g/mol. The SMILES string of the molecule is NN(C(=O)CCc1ccc(Cl)cc1)C1CN(c2ncnc3ccccc23)C1. The fourth-order valence-corrected chi connectivity index (χ4v) is 3.41. The van der Waals surface area contributed by atoms with Gasteiger partial charge in [-0.25, -0.2) is 15.8 Å². The highest BCUT2D eigenvalue weighted by molar-refractivity contribution is 6.30.